The minimum atomic E-state index is 0.0437. The lowest BCUT2D eigenvalue weighted by atomic mass is 9.76. The number of likely N-dealkylation sites (tertiary alicyclic amines) is 1. The number of ether oxygens (including phenoxy) is 2. The molecule has 6 nitrogen and oxygen atoms in total. The number of benzene rings is 1. The van der Waals surface area contributed by atoms with Gasteiger partial charge in [0.15, 0.2) is 16.6 Å². The van der Waals surface area contributed by atoms with E-state index >= 15 is 0 Å². The Morgan fingerprint density at radius 1 is 1.30 bits per heavy atom. The molecule has 1 saturated heterocycles. The molecule has 7 heteroatoms. The van der Waals surface area contributed by atoms with E-state index in [-0.39, 0.29) is 11.3 Å². The first kappa shape index (κ1) is 18.1. The van der Waals surface area contributed by atoms with Crippen molar-refractivity contribution in [1.82, 2.24) is 9.88 Å². The van der Waals surface area contributed by atoms with Gasteiger partial charge in [0, 0.05) is 32.4 Å². The Kier molecular flexibility index (Phi) is 4.72. The number of piperidine rings is 1. The molecule has 0 bridgehead atoms. The average Bonchev–Trinajstić information content (AvgIpc) is 3.27. The van der Waals surface area contributed by atoms with Gasteiger partial charge in [-0.2, -0.15) is 0 Å². The summed E-state index contributed by atoms with van der Waals surface area (Å²) in [6.45, 7) is 3.89. The smallest absolute Gasteiger partial charge is 0.231 e. The molecule has 2 aliphatic rings. The molecule has 1 unspecified atom stereocenters. The third-order valence-electron chi connectivity index (χ3n) is 5.21. The van der Waals surface area contributed by atoms with Crippen molar-refractivity contribution < 1.29 is 14.3 Å². The van der Waals surface area contributed by atoms with Gasteiger partial charge in [0.05, 0.1) is 12.2 Å². The second kappa shape index (κ2) is 7.03. The lowest BCUT2D eigenvalue weighted by Gasteiger charge is -2.40. The summed E-state index contributed by atoms with van der Waals surface area (Å²) in [6.07, 6.45) is 2.40. The lowest BCUT2D eigenvalue weighted by molar-refractivity contribution is -0.138. The second-order valence-electron chi connectivity index (χ2n) is 7.94. The summed E-state index contributed by atoms with van der Waals surface area (Å²) in [4.78, 5) is 21.1. The van der Waals surface area contributed by atoms with Gasteiger partial charge in [0.25, 0.3) is 0 Å². The predicted molar refractivity (Wildman–Crippen MR) is 105 cm³/mol. The molecule has 2 aliphatic heterocycles. The maximum Gasteiger partial charge on any atom is 0.231 e. The monoisotopic (exact) mass is 387 g/mol. The number of aromatic nitrogens is 1. The molecule has 0 N–H and O–H groups in total. The van der Waals surface area contributed by atoms with Gasteiger partial charge in [-0.25, -0.2) is 4.98 Å². The first-order valence-electron chi connectivity index (χ1n) is 9.20. The normalized spacial score (nSPS) is 21.6. The van der Waals surface area contributed by atoms with Crippen LogP contribution < -0.4 is 14.4 Å². The molecular weight excluding hydrogens is 362 g/mol. The first-order chi connectivity index (χ1) is 12.9. The Morgan fingerprint density at radius 2 is 2.11 bits per heavy atom. The third-order valence-corrected chi connectivity index (χ3v) is 6.27. The highest BCUT2D eigenvalue weighted by molar-refractivity contribution is 7.13. The van der Waals surface area contributed by atoms with Crippen LogP contribution in [-0.4, -0.2) is 43.2 Å². The molecule has 27 heavy (non-hydrogen) atoms. The zero-order chi connectivity index (χ0) is 19.0. The molecule has 1 atom stereocenters. The summed E-state index contributed by atoms with van der Waals surface area (Å²) in [5, 5.41) is 3.02. The standard InChI is InChI=1S/C20H25N3O3S/c1-20(9-14-4-5-16-17(8-14)26-13-25-16)7-6-18(24)23(12-20)10-15-11-27-19(21-15)22(2)3/h4-5,8,11H,6-7,9-10,12-13H2,1-3H3. The number of nitrogens with zero attached hydrogens (tertiary/aromatic N) is 3. The van der Waals surface area contributed by atoms with E-state index in [1.165, 1.54) is 5.56 Å². The van der Waals surface area contributed by atoms with Crippen molar-refractivity contribution in [3.05, 3.63) is 34.8 Å². The third kappa shape index (κ3) is 3.88. The van der Waals surface area contributed by atoms with Crippen LogP contribution >= 0.6 is 11.3 Å². The zero-order valence-corrected chi connectivity index (χ0v) is 16.8. The van der Waals surface area contributed by atoms with E-state index in [0.29, 0.717) is 19.8 Å². The topological polar surface area (TPSA) is 54.9 Å². The van der Waals surface area contributed by atoms with E-state index in [0.717, 1.165) is 41.7 Å². The molecule has 4 rings (SSSR count). The number of hydrogen-bond donors (Lipinski definition) is 0. The van der Waals surface area contributed by atoms with Gasteiger partial charge < -0.3 is 19.3 Å². The van der Waals surface area contributed by atoms with Gasteiger partial charge in [0.1, 0.15) is 0 Å². The largest absolute Gasteiger partial charge is 0.454 e. The summed E-state index contributed by atoms with van der Waals surface area (Å²) in [6, 6.07) is 6.15. The molecule has 144 valence electrons. The van der Waals surface area contributed by atoms with Crippen LogP contribution in [0, 0.1) is 5.41 Å². The van der Waals surface area contributed by atoms with Gasteiger partial charge in [-0.05, 0) is 36.0 Å². The SMILES string of the molecule is CN(C)c1nc(CN2CC(C)(Cc3ccc4c(c3)OCO4)CCC2=O)cs1. The van der Waals surface area contributed by atoms with Crippen LogP contribution in [0.2, 0.25) is 0 Å². The van der Waals surface area contributed by atoms with Crippen molar-refractivity contribution in [2.75, 3.05) is 32.3 Å². The fourth-order valence-electron chi connectivity index (χ4n) is 3.80. The number of carbonyl (C=O) groups is 1. The van der Waals surface area contributed by atoms with Crippen molar-refractivity contribution in [3.8, 4) is 11.5 Å². The molecular formula is C20H25N3O3S. The average molecular weight is 388 g/mol. The van der Waals surface area contributed by atoms with Crippen LogP contribution in [0.15, 0.2) is 23.6 Å². The van der Waals surface area contributed by atoms with E-state index in [1.807, 2.05) is 35.3 Å². The van der Waals surface area contributed by atoms with Crippen molar-refractivity contribution in [2.45, 2.75) is 32.7 Å². The number of thiazole rings is 1. The molecule has 1 amide bonds. The highest BCUT2D eigenvalue weighted by Gasteiger charge is 2.35. The minimum absolute atomic E-state index is 0.0437. The molecule has 2 aromatic rings. The lowest BCUT2D eigenvalue weighted by Crippen LogP contribution is -2.45. The molecule has 1 aromatic heterocycles. The van der Waals surface area contributed by atoms with Crippen LogP contribution in [-0.2, 0) is 17.8 Å². The summed E-state index contributed by atoms with van der Waals surface area (Å²) in [5.41, 5.74) is 2.23. The van der Waals surface area contributed by atoms with Crippen molar-refractivity contribution in [3.63, 3.8) is 0 Å². The Morgan fingerprint density at radius 3 is 2.89 bits per heavy atom. The van der Waals surface area contributed by atoms with Gasteiger partial charge in [-0.1, -0.05) is 13.0 Å². The first-order valence-corrected chi connectivity index (χ1v) is 10.1. The number of hydrogen-bond acceptors (Lipinski definition) is 6. The fraction of sp³-hybridized carbons (Fsp3) is 0.500. The predicted octanol–water partition coefficient (Wildman–Crippen LogP) is 3.31. The molecule has 3 heterocycles. The summed E-state index contributed by atoms with van der Waals surface area (Å²) in [7, 11) is 3.97. The number of rotatable bonds is 5. The zero-order valence-electron chi connectivity index (χ0n) is 16.0. The summed E-state index contributed by atoms with van der Waals surface area (Å²) < 4.78 is 10.9. The number of anilines is 1. The van der Waals surface area contributed by atoms with Crippen LogP contribution in [0.5, 0.6) is 11.5 Å². The number of amides is 1. The van der Waals surface area contributed by atoms with Crippen molar-refractivity contribution >= 4 is 22.4 Å². The van der Waals surface area contributed by atoms with Gasteiger partial charge in [-0.15, -0.1) is 11.3 Å². The molecule has 1 aromatic carbocycles. The van der Waals surface area contributed by atoms with E-state index in [9.17, 15) is 4.79 Å². The highest BCUT2D eigenvalue weighted by atomic mass is 32.1. The maximum atomic E-state index is 12.5. The maximum absolute atomic E-state index is 12.5. The molecule has 0 radical (unpaired) electrons. The Hall–Kier alpha value is -2.28. The second-order valence-corrected chi connectivity index (χ2v) is 8.78. The quantitative estimate of drug-likeness (QED) is 0.788. The van der Waals surface area contributed by atoms with Crippen molar-refractivity contribution in [2.24, 2.45) is 5.41 Å². The van der Waals surface area contributed by atoms with E-state index in [2.05, 4.69) is 24.0 Å². The van der Waals surface area contributed by atoms with Gasteiger partial charge in [-0.3, -0.25) is 4.79 Å². The molecule has 1 fully saturated rings. The van der Waals surface area contributed by atoms with Gasteiger partial charge in [0.2, 0.25) is 12.7 Å². The van der Waals surface area contributed by atoms with E-state index in [1.54, 1.807) is 11.3 Å². The van der Waals surface area contributed by atoms with Crippen LogP contribution in [0.3, 0.4) is 0 Å². The number of carbonyl (C=O) groups excluding carboxylic acids is 1. The Bertz CT molecular complexity index is 851. The van der Waals surface area contributed by atoms with Crippen LogP contribution in [0.1, 0.15) is 31.0 Å². The fourth-order valence-corrected chi connectivity index (χ4v) is 4.55. The minimum Gasteiger partial charge on any atom is -0.454 e. The molecule has 0 saturated carbocycles. The highest BCUT2D eigenvalue weighted by Crippen LogP contribution is 2.38. The van der Waals surface area contributed by atoms with Gasteiger partial charge >= 0.3 is 0 Å². The Labute approximate surface area is 163 Å². The van der Waals surface area contributed by atoms with E-state index < -0.39 is 0 Å². The van der Waals surface area contributed by atoms with E-state index in [4.69, 9.17) is 9.47 Å². The summed E-state index contributed by atoms with van der Waals surface area (Å²) in [5.74, 6) is 1.85. The Balaban J connectivity index is 1.46. The van der Waals surface area contributed by atoms with Crippen LogP contribution in [0.4, 0.5) is 5.13 Å². The molecule has 0 aliphatic carbocycles. The summed E-state index contributed by atoms with van der Waals surface area (Å²) >= 11 is 1.61. The van der Waals surface area contributed by atoms with Crippen LogP contribution in [0.25, 0.3) is 0 Å². The van der Waals surface area contributed by atoms with Crippen molar-refractivity contribution in [1.29, 1.82) is 0 Å². The number of fused-ring (bicyclic) bond motifs is 1. The molecule has 0 spiro atoms.